The highest BCUT2D eigenvalue weighted by Gasteiger charge is 2.36. The van der Waals surface area contributed by atoms with Gasteiger partial charge >= 0.3 is 0 Å². The normalized spacial score (nSPS) is 31.2. The van der Waals surface area contributed by atoms with Crippen molar-refractivity contribution in [2.45, 2.75) is 12.0 Å². The van der Waals surface area contributed by atoms with Crippen molar-refractivity contribution in [3.05, 3.63) is 24.0 Å². The zero-order valence-corrected chi connectivity index (χ0v) is 7.25. The van der Waals surface area contributed by atoms with Gasteiger partial charge in [0, 0.05) is 25.0 Å². The lowest BCUT2D eigenvalue weighted by Crippen LogP contribution is -2.29. The molecule has 2 heterocycles. The molecule has 1 aliphatic heterocycles. The first-order valence-electron chi connectivity index (χ1n) is 4.25. The molecule has 0 aliphatic carbocycles. The number of β-amino-alcohol motifs (C(OH)–C–C–N with tert-alkyl or cyclic N) is 1. The van der Waals surface area contributed by atoms with Crippen LogP contribution in [0.4, 0.5) is 0 Å². The van der Waals surface area contributed by atoms with Gasteiger partial charge in [-0.3, -0.25) is 0 Å². The number of likely N-dealkylation sites (tertiary alicyclic amines) is 1. The van der Waals surface area contributed by atoms with Gasteiger partial charge in [-0.25, -0.2) is 0 Å². The lowest BCUT2D eigenvalue weighted by Gasteiger charge is -2.20. The topological polar surface area (TPSA) is 39.3 Å². The van der Waals surface area contributed by atoms with Crippen LogP contribution in [0.15, 0.2) is 18.3 Å². The number of aromatic nitrogens is 1. The molecular formula is C9H14N2O. The third kappa shape index (κ3) is 1.15. The number of aliphatic hydroxyl groups is 1. The van der Waals surface area contributed by atoms with Crippen LogP contribution in [0.1, 0.15) is 12.1 Å². The summed E-state index contributed by atoms with van der Waals surface area (Å²) in [4.78, 5) is 5.20. The highest BCUT2D eigenvalue weighted by molar-refractivity contribution is 5.16. The molecule has 1 aromatic rings. The Morgan fingerprint density at radius 3 is 3.00 bits per heavy atom. The van der Waals surface area contributed by atoms with Gasteiger partial charge in [0.05, 0.1) is 0 Å². The second-order valence-corrected chi connectivity index (χ2v) is 3.60. The van der Waals surface area contributed by atoms with Crippen LogP contribution in [0, 0.1) is 0 Å². The molecule has 1 aliphatic rings. The first-order valence-corrected chi connectivity index (χ1v) is 4.25. The Labute approximate surface area is 72.0 Å². The van der Waals surface area contributed by atoms with Crippen LogP contribution in [0.25, 0.3) is 0 Å². The molecule has 3 heteroatoms. The minimum Gasteiger partial charge on any atom is -0.382 e. The van der Waals surface area contributed by atoms with Gasteiger partial charge in [-0.15, -0.1) is 0 Å². The number of likely N-dealkylation sites (N-methyl/N-ethyl adjacent to an activating group) is 1. The summed E-state index contributed by atoms with van der Waals surface area (Å²) in [6.07, 6.45) is 2.68. The summed E-state index contributed by atoms with van der Waals surface area (Å²) in [5, 5.41) is 10.1. The van der Waals surface area contributed by atoms with Crippen molar-refractivity contribution < 1.29 is 5.11 Å². The average molecular weight is 166 g/mol. The van der Waals surface area contributed by atoms with E-state index in [9.17, 15) is 5.11 Å². The van der Waals surface area contributed by atoms with Crippen LogP contribution >= 0.6 is 0 Å². The molecule has 1 atom stereocenters. The molecule has 0 aromatic carbocycles. The van der Waals surface area contributed by atoms with E-state index < -0.39 is 5.60 Å². The van der Waals surface area contributed by atoms with E-state index in [0.717, 1.165) is 25.2 Å². The van der Waals surface area contributed by atoms with Gasteiger partial charge in [0.25, 0.3) is 0 Å². The van der Waals surface area contributed by atoms with Crippen molar-refractivity contribution in [2.24, 2.45) is 0 Å². The number of nitrogens with one attached hydrogen (secondary N) is 1. The molecule has 2 N–H and O–H groups in total. The van der Waals surface area contributed by atoms with Crippen molar-refractivity contribution in [3.8, 4) is 0 Å². The lowest BCUT2D eigenvalue weighted by molar-refractivity contribution is 0.0450. The van der Waals surface area contributed by atoms with Crippen molar-refractivity contribution in [1.29, 1.82) is 0 Å². The summed E-state index contributed by atoms with van der Waals surface area (Å²) in [6.45, 7) is 1.70. The molecular weight excluding hydrogens is 152 g/mol. The maximum absolute atomic E-state index is 10.1. The molecule has 66 valence electrons. The Morgan fingerprint density at radius 2 is 2.50 bits per heavy atom. The highest BCUT2D eigenvalue weighted by atomic mass is 16.3. The van der Waals surface area contributed by atoms with E-state index in [0.29, 0.717) is 0 Å². The van der Waals surface area contributed by atoms with E-state index in [-0.39, 0.29) is 0 Å². The fourth-order valence-electron chi connectivity index (χ4n) is 1.82. The molecule has 12 heavy (non-hydrogen) atoms. The van der Waals surface area contributed by atoms with Crippen molar-refractivity contribution in [2.75, 3.05) is 20.1 Å². The summed E-state index contributed by atoms with van der Waals surface area (Å²) in [5.74, 6) is 0. The smallest absolute Gasteiger partial charge is 0.118 e. The zero-order chi connectivity index (χ0) is 8.60. The maximum atomic E-state index is 10.1. The summed E-state index contributed by atoms with van der Waals surface area (Å²) < 4.78 is 0. The summed E-state index contributed by atoms with van der Waals surface area (Å²) in [5.41, 5.74) is 0.296. The van der Waals surface area contributed by atoms with Crippen LogP contribution < -0.4 is 0 Å². The third-order valence-corrected chi connectivity index (χ3v) is 2.54. The van der Waals surface area contributed by atoms with E-state index in [4.69, 9.17) is 0 Å². The molecule has 0 spiro atoms. The van der Waals surface area contributed by atoms with E-state index in [2.05, 4.69) is 9.88 Å². The number of hydrogen-bond acceptors (Lipinski definition) is 2. The number of nitrogens with zero attached hydrogens (tertiary/aromatic N) is 1. The van der Waals surface area contributed by atoms with Crippen LogP contribution in [0.2, 0.25) is 0 Å². The molecule has 1 aromatic heterocycles. The Bertz CT molecular complexity index is 258. The molecule has 2 rings (SSSR count). The third-order valence-electron chi connectivity index (χ3n) is 2.54. The Kier molecular flexibility index (Phi) is 1.70. The largest absolute Gasteiger partial charge is 0.382 e. The number of rotatable bonds is 1. The minimum atomic E-state index is -0.641. The second kappa shape index (κ2) is 2.61. The molecule has 0 amide bonds. The molecule has 0 radical (unpaired) electrons. The van der Waals surface area contributed by atoms with Crippen LogP contribution in [-0.2, 0) is 5.60 Å². The van der Waals surface area contributed by atoms with E-state index in [1.165, 1.54) is 0 Å². The van der Waals surface area contributed by atoms with E-state index in [1.807, 2.05) is 25.4 Å². The predicted molar refractivity (Wildman–Crippen MR) is 46.8 cm³/mol. The summed E-state index contributed by atoms with van der Waals surface area (Å²) in [7, 11) is 2.03. The van der Waals surface area contributed by atoms with Crippen molar-refractivity contribution in [1.82, 2.24) is 9.88 Å². The summed E-state index contributed by atoms with van der Waals surface area (Å²) >= 11 is 0. The molecule has 0 bridgehead atoms. The minimum absolute atomic E-state index is 0.641. The van der Waals surface area contributed by atoms with Gasteiger partial charge in [0.2, 0.25) is 0 Å². The van der Waals surface area contributed by atoms with Gasteiger partial charge < -0.3 is 15.0 Å². The zero-order valence-electron chi connectivity index (χ0n) is 7.25. The predicted octanol–water partition coefficient (Wildman–Crippen LogP) is 0.538. The fourth-order valence-corrected chi connectivity index (χ4v) is 1.82. The number of hydrogen-bond donors (Lipinski definition) is 2. The molecule has 0 saturated carbocycles. The summed E-state index contributed by atoms with van der Waals surface area (Å²) in [6, 6.07) is 3.87. The SMILES string of the molecule is CN1CCC(O)(c2ccc[nH]2)C1. The monoisotopic (exact) mass is 166 g/mol. The van der Waals surface area contributed by atoms with Crippen molar-refractivity contribution >= 4 is 0 Å². The number of aromatic amines is 1. The van der Waals surface area contributed by atoms with Crippen LogP contribution in [0.5, 0.6) is 0 Å². The van der Waals surface area contributed by atoms with Crippen LogP contribution in [-0.4, -0.2) is 35.1 Å². The van der Waals surface area contributed by atoms with Gasteiger partial charge in [-0.2, -0.15) is 0 Å². The molecule has 1 unspecified atom stereocenters. The lowest BCUT2D eigenvalue weighted by atomic mass is 9.99. The van der Waals surface area contributed by atoms with E-state index in [1.54, 1.807) is 0 Å². The number of H-pyrrole nitrogens is 1. The first-order chi connectivity index (χ1) is 5.71. The molecule has 1 saturated heterocycles. The average Bonchev–Trinajstić information content (AvgIpc) is 2.59. The molecule has 3 nitrogen and oxygen atoms in total. The Hall–Kier alpha value is -0.800. The Balaban J connectivity index is 2.23. The van der Waals surface area contributed by atoms with E-state index >= 15 is 0 Å². The first kappa shape index (κ1) is 7.83. The molecule has 1 fully saturated rings. The van der Waals surface area contributed by atoms with Crippen molar-refractivity contribution in [3.63, 3.8) is 0 Å². The van der Waals surface area contributed by atoms with Gasteiger partial charge in [0.1, 0.15) is 5.60 Å². The standard InChI is InChI=1S/C9H14N2O/c1-11-6-4-9(12,7-11)8-3-2-5-10-8/h2-3,5,10,12H,4,6-7H2,1H3. The quantitative estimate of drug-likeness (QED) is 0.639. The second-order valence-electron chi connectivity index (χ2n) is 3.60. The fraction of sp³-hybridized carbons (Fsp3) is 0.556. The van der Waals surface area contributed by atoms with Gasteiger partial charge in [0.15, 0.2) is 0 Å². The maximum Gasteiger partial charge on any atom is 0.118 e. The highest BCUT2D eigenvalue weighted by Crippen LogP contribution is 2.29. The Morgan fingerprint density at radius 1 is 1.67 bits per heavy atom. The van der Waals surface area contributed by atoms with Gasteiger partial charge in [-0.1, -0.05) is 0 Å². The van der Waals surface area contributed by atoms with Gasteiger partial charge in [-0.05, 0) is 25.6 Å². The van der Waals surface area contributed by atoms with Crippen LogP contribution in [0.3, 0.4) is 0 Å².